The van der Waals surface area contributed by atoms with Crippen LogP contribution >= 0.6 is 7.60 Å². The summed E-state index contributed by atoms with van der Waals surface area (Å²) in [5.74, 6) is -0.483. The molecule has 6 heteroatoms. The number of hydrogen-bond acceptors (Lipinski definition) is 2. The normalized spacial score (nSPS) is 13.6. The maximum absolute atomic E-state index is 10.3. The molecule has 2 N–H and O–H groups in total. The molecule has 4 nitrogen and oxygen atoms in total. The zero-order valence-corrected chi connectivity index (χ0v) is 9.13. The summed E-state index contributed by atoms with van der Waals surface area (Å²) in [7, 11) is -4.16. The summed E-state index contributed by atoms with van der Waals surface area (Å²) < 4.78 is 10.2. The van der Waals surface area contributed by atoms with Gasteiger partial charge in [0.2, 0.25) is 0 Å². The van der Waals surface area contributed by atoms with Crippen molar-refractivity contribution in [2.45, 2.75) is 19.5 Å². The molecule has 0 aromatic heterocycles. The van der Waals surface area contributed by atoms with Crippen molar-refractivity contribution < 1.29 is 48.7 Å². The van der Waals surface area contributed by atoms with Crippen LogP contribution in [0.4, 0.5) is 0 Å². The molecule has 0 amide bonds. The molecule has 10 heavy (non-hydrogen) atoms. The Morgan fingerprint density at radius 2 is 1.80 bits per heavy atom. The van der Waals surface area contributed by atoms with Gasteiger partial charge in [-0.15, -0.1) is 0 Å². The van der Waals surface area contributed by atoms with Crippen molar-refractivity contribution in [1.29, 1.82) is 0 Å². The minimum absolute atomic E-state index is 0. The second-order valence-corrected chi connectivity index (χ2v) is 3.83. The molecule has 0 rings (SSSR count). The number of carbonyl (C=O) groups is 1. The van der Waals surface area contributed by atoms with Gasteiger partial charge in [-0.2, -0.15) is 0 Å². The summed E-state index contributed by atoms with van der Waals surface area (Å²) in [6, 6.07) is 0. The molecule has 0 bridgehead atoms. The summed E-state index contributed by atoms with van der Waals surface area (Å²) in [6.45, 7) is 2.37. The van der Waals surface area contributed by atoms with Gasteiger partial charge in [0.15, 0.2) is 0 Å². The maximum Gasteiger partial charge on any atom is 1.00 e. The Bertz CT molecular complexity index is 163. The van der Waals surface area contributed by atoms with Crippen LogP contribution in [0.3, 0.4) is 0 Å². The van der Waals surface area contributed by atoms with Crippen LogP contribution in [0.5, 0.6) is 0 Å². The number of rotatable bonds is 2. The van der Waals surface area contributed by atoms with Crippen LogP contribution in [0, 0.1) is 0 Å². The van der Waals surface area contributed by atoms with E-state index < -0.39 is 19.0 Å². The molecule has 0 radical (unpaired) electrons. The first-order valence-electron chi connectivity index (χ1n) is 2.41. The fraction of sp³-hybridized carbons (Fsp3) is 0.750. The first kappa shape index (κ1) is 13.4. The zero-order chi connectivity index (χ0) is 7.65. The maximum atomic E-state index is 10.3. The topological polar surface area (TPSA) is 74.6 Å². The third-order valence-electron chi connectivity index (χ3n) is 1.09. The Labute approximate surface area is 81.5 Å². The number of hydrogen-bond donors (Lipinski definition) is 2. The standard InChI is InChI=1S/C4H9O4P.Na/c1-3(5)4(2)9(6,7)8;/h4H,1-2H3,(H2,6,7,8);/q;+1. The van der Waals surface area contributed by atoms with Gasteiger partial charge < -0.3 is 9.79 Å². The van der Waals surface area contributed by atoms with Gasteiger partial charge in [-0.3, -0.25) is 9.36 Å². The van der Waals surface area contributed by atoms with Crippen LogP contribution < -0.4 is 29.6 Å². The monoisotopic (exact) mass is 175 g/mol. The number of ketones is 1. The van der Waals surface area contributed by atoms with Crippen molar-refractivity contribution in [3.05, 3.63) is 0 Å². The fourth-order valence-corrected chi connectivity index (χ4v) is 0.710. The van der Waals surface area contributed by atoms with E-state index in [-0.39, 0.29) is 29.6 Å². The van der Waals surface area contributed by atoms with Crippen molar-refractivity contribution >= 4 is 13.4 Å². The molecule has 1 atom stereocenters. The minimum Gasteiger partial charge on any atom is -0.324 e. The Balaban J connectivity index is 0. The molecule has 0 heterocycles. The second kappa shape index (κ2) is 4.65. The Morgan fingerprint density at radius 1 is 1.50 bits per heavy atom. The van der Waals surface area contributed by atoms with E-state index in [1.165, 1.54) is 6.92 Å². The van der Waals surface area contributed by atoms with Crippen LogP contribution in [-0.2, 0) is 9.36 Å². The van der Waals surface area contributed by atoms with E-state index in [1.54, 1.807) is 0 Å². The molecule has 54 valence electrons. The average molecular weight is 175 g/mol. The molecule has 0 saturated carbocycles. The van der Waals surface area contributed by atoms with Crippen molar-refractivity contribution in [3.63, 3.8) is 0 Å². The molecule has 0 spiro atoms. The van der Waals surface area contributed by atoms with Crippen LogP contribution in [0.2, 0.25) is 0 Å². The molecule has 0 aromatic carbocycles. The first-order chi connectivity index (χ1) is 3.85. The van der Waals surface area contributed by atoms with Crippen LogP contribution in [0.25, 0.3) is 0 Å². The van der Waals surface area contributed by atoms with E-state index in [2.05, 4.69) is 0 Å². The summed E-state index contributed by atoms with van der Waals surface area (Å²) in [4.78, 5) is 27.0. The SMILES string of the molecule is CC(=O)C(C)P(=O)(O)O.[Na+]. The van der Waals surface area contributed by atoms with Gasteiger partial charge in [0.1, 0.15) is 11.4 Å². The molecular weight excluding hydrogens is 166 g/mol. The zero-order valence-electron chi connectivity index (χ0n) is 6.24. The van der Waals surface area contributed by atoms with Crippen LogP contribution in [-0.4, -0.2) is 21.2 Å². The van der Waals surface area contributed by atoms with Gasteiger partial charge in [0, 0.05) is 0 Å². The van der Waals surface area contributed by atoms with E-state index in [4.69, 9.17) is 9.79 Å². The molecule has 0 aliphatic carbocycles. The van der Waals surface area contributed by atoms with Crippen LogP contribution in [0.1, 0.15) is 13.8 Å². The van der Waals surface area contributed by atoms with Gasteiger partial charge >= 0.3 is 37.2 Å². The summed E-state index contributed by atoms with van der Waals surface area (Å²) in [5, 5.41) is 0. The minimum atomic E-state index is -4.16. The van der Waals surface area contributed by atoms with Crippen molar-refractivity contribution in [2.24, 2.45) is 0 Å². The third-order valence-corrected chi connectivity index (χ3v) is 2.47. The third kappa shape index (κ3) is 4.61. The van der Waals surface area contributed by atoms with Crippen molar-refractivity contribution in [1.82, 2.24) is 0 Å². The average Bonchev–Trinajstić information content (AvgIpc) is 1.62. The van der Waals surface area contributed by atoms with Crippen molar-refractivity contribution in [2.75, 3.05) is 0 Å². The van der Waals surface area contributed by atoms with E-state index >= 15 is 0 Å². The smallest absolute Gasteiger partial charge is 0.324 e. The quantitative estimate of drug-likeness (QED) is 0.350. The fourth-order valence-electron chi connectivity index (χ4n) is 0.237. The second-order valence-electron chi connectivity index (χ2n) is 1.88. The predicted molar refractivity (Wildman–Crippen MR) is 32.2 cm³/mol. The largest absolute Gasteiger partial charge is 1.00 e. The molecule has 0 saturated heterocycles. The summed E-state index contributed by atoms with van der Waals surface area (Å²) in [6.07, 6.45) is 0. The number of carbonyl (C=O) groups excluding carboxylic acids is 1. The van der Waals surface area contributed by atoms with E-state index in [9.17, 15) is 9.36 Å². The van der Waals surface area contributed by atoms with Crippen molar-refractivity contribution in [3.8, 4) is 0 Å². The molecule has 0 aromatic rings. The first-order valence-corrected chi connectivity index (χ1v) is 4.09. The molecule has 0 aliphatic heterocycles. The molecule has 0 aliphatic rings. The van der Waals surface area contributed by atoms with E-state index in [1.807, 2.05) is 0 Å². The van der Waals surface area contributed by atoms with Crippen LogP contribution in [0.15, 0.2) is 0 Å². The van der Waals surface area contributed by atoms with E-state index in [0.717, 1.165) is 6.92 Å². The molecule has 1 unspecified atom stereocenters. The van der Waals surface area contributed by atoms with Gasteiger partial charge in [-0.25, -0.2) is 0 Å². The van der Waals surface area contributed by atoms with Gasteiger partial charge in [-0.1, -0.05) is 0 Å². The summed E-state index contributed by atoms with van der Waals surface area (Å²) >= 11 is 0. The van der Waals surface area contributed by atoms with Gasteiger partial charge in [-0.05, 0) is 13.8 Å². The Hall–Kier alpha value is 0.820. The molecular formula is C4H9NaO4P+. The summed E-state index contributed by atoms with van der Waals surface area (Å²) in [5.41, 5.74) is -1.16. The predicted octanol–water partition coefficient (Wildman–Crippen LogP) is -2.85. The number of Topliss-reactive ketones (excluding diaryl/α,β-unsaturated/α-hetero) is 1. The van der Waals surface area contributed by atoms with Gasteiger partial charge in [0.25, 0.3) is 0 Å². The van der Waals surface area contributed by atoms with E-state index in [0.29, 0.717) is 0 Å². The Morgan fingerprint density at radius 3 is 1.80 bits per heavy atom. The molecule has 0 fully saturated rings. The van der Waals surface area contributed by atoms with Gasteiger partial charge in [0.05, 0.1) is 0 Å². The Kier molecular flexibility index (Phi) is 6.23.